The van der Waals surface area contributed by atoms with E-state index in [0.29, 0.717) is 0 Å². The van der Waals surface area contributed by atoms with Gasteiger partial charge in [-0.05, 0) is 0 Å². The summed E-state index contributed by atoms with van der Waals surface area (Å²) in [7, 11) is 0. The summed E-state index contributed by atoms with van der Waals surface area (Å²) in [5.41, 5.74) is 0. The van der Waals surface area contributed by atoms with E-state index in [1.54, 1.807) is 0 Å². The van der Waals surface area contributed by atoms with Gasteiger partial charge in [-0.25, -0.2) is 0 Å². The minimum absolute atomic E-state index is 0.191. The van der Waals surface area contributed by atoms with Crippen molar-refractivity contribution < 1.29 is 25.5 Å². The van der Waals surface area contributed by atoms with Gasteiger partial charge in [0.1, 0.15) is 18.3 Å². The molecule has 5 nitrogen and oxygen atoms in total. The van der Waals surface area contributed by atoms with E-state index >= 15 is 0 Å². The quantitative estimate of drug-likeness (QED) is 0.501. The van der Waals surface area contributed by atoms with Gasteiger partial charge >= 0.3 is 0 Å². The largest absolute Gasteiger partial charge is 0.459 e. The molecule has 2 heterocycles. The summed E-state index contributed by atoms with van der Waals surface area (Å²) in [6.45, 7) is 0.387. The van der Waals surface area contributed by atoms with Crippen LogP contribution >= 0.6 is 0 Å². The first-order valence-electron chi connectivity index (χ1n) is 4.27. The lowest BCUT2D eigenvalue weighted by atomic mass is 10.1. The molecule has 2 unspecified atom stereocenters. The summed E-state index contributed by atoms with van der Waals surface area (Å²) >= 11 is 0. The van der Waals surface area contributed by atoms with Crippen LogP contribution in [0.3, 0.4) is 0 Å². The molecule has 0 aromatic heterocycles. The highest BCUT2D eigenvalue weighted by atomic mass is 16.6. The Bertz CT molecular complexity index is 221. The topological polar surface area (TPSA) is 65.0 Å². The lowest BCUT2D eigenvalue weighted by Crippen LogP contribution is -2.32. The van der Waals surface area contributed by atoms with Crippen molar-refractivity contribution in [2.45, 2.75) is 24.4 Å². The zero-order valence-electron chi connectivity index (χ0n) is 7.30. The zero-order chi connectivity index (χ0) is 9.42. The molecule has 68 valence electrons. The predicted molar refractivity (Wildman–Crippen MR) is 36.4 cm³/mol. The minimum Gasteiger partial charge on any atom is -0.459 e. The van der Waals surface area contributed by atoms with Crippen LogP contribution in [0.4, 0.5) is 0 Å². The first-order chi connectivity index (χ1) is 6.18. The summed E-state index contributed by atoms with van der Waals surface area (Å²) < 4.78 is 21.6. The van der Waals surface area contributed by atoms with E-state index in [4.69, 9.17) is 10.8 Å². The van der Waals surface area contributed by atoms with E-state index in [1.807, 2.05) is 0 Å². The number of aliphatic hydroxyl groups is 1. The second kappa shape index (κ2) is 3.01. The van der Waals surface area contributed by atoms with Gasteiger partial charge in [-0.1, -0.05) is 0 Å². The van der Waals surface area contributed by atoms with Crippen LogP contribution < -0.4 is 0 Å². The smallest absolute Gasteiger partial charge is 0.293 e. The van der Waals surface area contributed by atoms with Crippen LogP contribution in [0.1, 0.15) is 1.37 Å². The molecule has 0 spiro atoms. The molecular weight excluding hydrogens is 164 g/mol. The van der Waals surface area contributed by atoms with Gasteiger partial charge in [-0.2, -0.15) is 0 Å². The third-order valence-corrected chi connectivity index (χ3v) is 2.18. The molecule has 2 saturated heterocycles. The number of carbonyl (C=O) groups is 1. The Labute approximate surface area is 70.6 Å². The highest BCUT2D eigenvalue weighted by Crippen LogP contribution is 2.28. The van der Waals surface area contributed by atoms with Gasteiger partial charge < -0.3 is 19.3 Å². The number of hydrogen-bond donors (Lipinski definition) is 1. The SMILES string of the molecule is [2H]C(=O)O[C@H]1COC2C1OC[C@H]2O. The molecule has 0 radical (unpaired) electrons. The molecule has 0 aromatic carbocycles. The van der Waals surface area contributed by atoms with Gasteiger partial charge in [-0.15, -0.1) is 0 Å². The molecule has 1 N–H and O–H groups in total. The second-order valence-electron chi connectivity index (χ2n) is 2.90. The average molecular weight is 175 g/mol. The normalized spacial score (nSPS) is 46.9. The Morgan fingerprint density at radius 3 is 3.00 bits per heavy atom. The lowest BCUT2D eigenvalue weighted by molar-refractivity contribution is -0.138. The summed E-state index contributed by atoms with van der Waals surface area (Å²) in [5.74, 6) is 0. The van der Waals surface area contributed by atoms with Crippen LogP contribution in [0.5, 0.6) is 0 Å². The number of rotatable bonds is 1. The number of hydrogen-bond acceptors (Lipinski definition) is 5. The fourth-order valence-corrected chi connectivity index (χ4v) is 1.61. The van der Waals surface area contributed by atoms with Gasteiger partial charge in [0.2, 0.25) is 0 Å². The molecule has 2 aliphatic heterocycles. The molecule has 0 bridgehead atoms. The fourth-order valence-electron chi connectivity index (χ4n) is 1.61. The molecular formula is C7H10O5. The van der Waals surface area contributed by atoms with E-state index < -0.39 is 30.9 Å². The summed E-state index contributed by atoms with van der Waals surface area (Å²) in [6, 6.07) is 0. The van der Waals surface area contributed by atoms with E-state index in [1.165, 1.54) is 0 Å². The third-order valence-electron chi connectivity index (χ3n) is 2.18. The Morgan fingerprint density at radius 2 is 2.25 bits per heavy atom. The van der Waals surface area contributed by atoms with Crippen LogP contribution in [0.15, 0.2) is 0 Å². The van der Waals surface area contributed by atoms with E-state index in [-0.39, 0.29) is 13.2 Å². The van der Waals surface area contributed by atoms with Gasteiger partial charge in [0, 0.05) is 0 Å². The lowest BCUT2D eigenvalue weighted by Gasteiger charge is -2.12. The molecule has 2 rings (SSSR count). The van der Waals surface area contributed by atoms with Gasteiger partial charge in [0.05, 0.1) is 13.2 Å². The van der Waals surface area contributed by atoms with Crippen molar-refractivity contribution in [3.05, 3.63) is 0 Å². The summed E-state index contributed by atoms with van der Waals surface area (Å²) in [4.78, 5) is 10.3. The van der Waals surface area contributed by atoms with E-state index in [0.717, 1.165) is 0 Å². The number of ether oxygens (including phenoxy) is 3. The molecule has 0 aliphatic carbocycles. The fraction of sp³-hybridized carbons (Fsp3) is 0.857. The van der Waals surface area contributed by atoms with Crippen LogP contribution in [0, 0.1) is 0 Å². The molecule has 0 saturated carbocycles. The van der Waals surface area contributed by atoms with Gasteiger partial charge in [0.25, 0.3) is 6.45 Å². The maximum Gasteiger partial charge on any atom is 0.293 e. The Morgan fingerprint density at radius 1 is 1.50 bits per heavy atom. The van der Waals surface area contributed by atoms with E-state index in [9.17, 15) is 9.90 Å². The monoisotopic (exact) mass is 175 g/mol. The standard InChI is InChI=1S/C7H10O5/c8-3-12-5-2-11-6-4(9)1-10-7(5)6/h3-7,9H,1-2H2/t4-,5+,6?,7?/m1/s1/i3D. The first kappa shape index (κ1) is 6.82. The van der Waals surface area contributed by atoms with Crippen LogP contribution in [-0.4, -0.2) is 49.2 Å². The van der Waals surface area contributed by atoms with Crippen molar-refractivity contribution in [3.63, 3.8) is 0 Å². The molecule has 0 amide bonds. The predicted octanol–water partition coefficient (Wildman–Crippen LogP) is -1.31. The van der Waals surface area contributed by atoms with Crippen molar-refractivity contribution in [1.29, 1.82) is 0 Å². The molecule has 4 atom stereocenters. The van der Waals surface area contributed by atoms with Gasteiger partial charge in [-0.3, -0.25) is 4.79 Å². The van der Waals surface area contributed by atoms with Crippen molar-refractivity contribution in [1.82, 2.24) is 0 Å². The molecule has 0 aromatic rings. The van der Waals surface area contributed by atoms with E-state index in [2.05, 4.69) is 4.74 Å². The zero-order valence-corrected chi connectivity index (χ0v) is 6.30. The first-order valence-corrected chi connectivity index (χ1v) is 3.77. The highest BCUT2D eigenvalue weighted by Gasteiger charge is 2.48. The van der Waals surface area contributed by atoms with Crippen LogP contribution in [0.2, 0.25) is 0 Å². The molecule has 12 heavy (non-hydrogen) atoms. The average Bonchev–Trinajstić information content (AvgIpc) is 2.56. The van der Waals surface area contributed by atoms with Crippen molar-refractivity contribution >= 4 is 6.45 Å². The Kier molecular flexibility index (Phi) is 1.71. The van der Waals surface area contributed by atoms with Crippen LogP contribution in [-0.2, 0) is 19.0 Å². The second-order valence-corrected chi connectivity index (χ2v) is 2.90. The Balaban J connectivity index is 1.98. The van der Waals surface area contributed by atoms with Crippen molar-refractivity contribution in [2.24, 2.45) is 0 Å². The molecule has 2 fully saturated rings. The van der Waals surface area contributed by atoms with Gasteiger partial charge in [0.15, 0.2) is 7.47 Å². The molecule has 2 aliphatic rings. The maximum absolute atomic E-state index is 10.3. The molecule has 5 heteroatoms. The number of carbonyl (C=O) groups excluding carboxylic acids is 1. The summed E-state index contributed by atoms with van der Waals surface area (Å²) in [5, 5.41) is 9.31. The Hall–Kier alpha value is -0.650. The van der Waals surface area contributed by atoms with Crippen molar-refractivity contribution in [3.8, 4) is 0 Å². The maximum atomic E-state index is 10.3. The number of aliphatic hydroxyl groups excluding tert-OH is 1. The van der Waals surface area contributed by atoms with Crippen LogP contribution in [0.25, 0.3) is 0 Å². The van der Waals surface area contributed by atoms with Crippen molar-refractivity contribution in [2.75, 3.05) is 13.2 Å². The third kappa shape index (κ3) is 1.10. The highest BCUT2D eigenvalue weighted by molar-refractivity contribution is 5.37. The summed E-state index contributed by atoms with van der Waals surface area (Å²) in [6.07, 6.45) is -3.13. The number of fused-ring (bicyclic) bond motifs is 1. The minimum atomic E-state index is -1.10.